The number of esters is 1. The number of carbonyl (C=O) groups is 3. The maximum absolute atomic E-state index is 14.0. The molecule has 1 aliphatic carbocycles. The highest BCUT2D eigenvalue weighted by atomic mass is 16.5. The molecule has 0 unspecified atom stereocenters. The molecule has 0 aromatic rings. The van der Waals surface area contributed by atoms with Gasteiger partial charge in [0.05, 0.1) is 18.2 Å². The fourth-order valence-electron chi connectivity index (χ4n) is 5.21. The summed E-state index contributed by atoms with van der Waals surface area (Å²) in [7, 11) is 1.78. The van der Waals surface area contributed by atoms with Crippen LogP contribution in [-0.2, 0) is 19.1 Å². The van der Waals surface area contributed by atoms with Crippen LogP contribution >= 0.6 is 0 Å². The quantitative estimate of drug-likeness (QED) is 0.289. The van der Waals surface area contributed by atoms with Crippen molar-refractivity contribution >= 4 is 17.8 Å². The lowest BCUT2D eigenvalue weighted by Gasteiger charge is -2.39. The molecule has 0 aromatic carbocycles. The van der Waals surface area contributed by atoms with E-state index in [1.54, 1.807) is 25.8 Å². The number of ether oxygens (including phenoxy) is 1. The molecule has 0 aromatic heterocycles. The maximum atomic E-state index is 14.0. The Balaban J connectivity index is 3.29. The third-order valence-electron chi connectivity index (χ3n) is 7.38. The zero-order valence-corrected chi connectivity index (χ0v) is 23.7. The van der Waals surface area contributed by atoms with E-state index in [0.717, 1.165) is 25.7 Å². The third kappa shape index (κ3) is 8.62. The highest BCUT2D eigenvalue weighted by molar-refractivity contribution is 5.93. The lowest BCUT2D eigenvalue weighted by molar-refractivity contribution is -0.141. The maximum Gasteiger partial charge on any atom is 0.333 e. The monoisotopic (exact) mass is 493 g/mol. The van der Waals surface area contributed by atoms with Crippen LogP contribution in [-0.4, -0.2) is 60.0 Å². The summed E-state index contributed by atoms with van der Waals surface area (Å²) in [5, 5.41) is 6.66. The summed E-state index contributed by atoms with van der Waals surface area (Å²) in [6.45, 7) is 16.0. The highest BCUT2D eigenvalue weighted by Crippen LogP contribution is 2.29. The minimum atomic E-state index is -0.711. The first-order valence-corrected chi connectivity index (χ1v) is 13.6. The summed E-state index contributed by atoms with van der Waals surface area (Å²) in [5.41, 5.74) is -0.224. The van der Waals surface area contributed by atoms with Crippen molar-refractivity contribution in [1.29, 1.82) is 0 Å². The number of rotatable bonds is 13. The van der Waals surface area contributed by atoms with Crippen molar-refractivity contribution in [2.24, 2.45) is 11.8 Å². The van der Waals surface area contributed by atoms with E-state index in [9.17, 15) is 14.4 Å². The number of likely N-dealkylation sites (N-methyl/N-ethyl adjacent to an activating group) is 1. The van der Waals surface area contributed by atoms with E-state index in [1.165, 1.54) is 6.42 Å². The number of hydrogen-bond donors (Lipinski definition) is 2. The van der Waals surface area contributed by atoms with E-state index in [-0.39, 0.29) is 41.7 Å². The summed E-state index contributed by atoms with van der Waals surface area (Å²) >= 11 is 0. The Morgan fingerprint density at radius 3 is 2.06 bits per heavy atom. The average molecular weight is 494 g/mol. The molecule has 2 amide bonds. The molecule has 1 aliphatic rings. The number of carbonyl (C=O) groups excluding carboxylic acids is 3. The average Bonchev–Trinajstić information content (AvgIpc) is 2.83. The van der Waals surface area contributed by atoms with Crippen LogP contribution in [0, 0.1) is 11.8 Å². The Morgan fingerprint density at radius 1 is 1.03 bits per heavy atom. The molecule has 2 atom stereocenters. The van der Waals surface area contributed by atoms with Crippen LogP contribution in [0.1, 0.15) is 100 Å². The largest absolute Gasteiger partial charge is 0.463 e. The second kappa shape index (κ2) is 14.6. The summed E-state index contributed by atoms with van der Waals surface area (Å²) in [4.78, 5) is 41.6. The van der Waals surface area contributed by atoms with E-state index in [0.29, 0.717) is 25.0 Å². The molecule has 1 fully saturated rings. The minimum absolute atomic E-state index is 0.0871. The van der Waals surface area contributed by atoms with Gasteiger partial charge in [-0.05, 0) is 65.2 Å². The van der Waals surface area contributed by atoms with Crippen LogP contribution in [0.2, 0.25) is 0 Å². The molecule has 0 saturated heterocycles. The molecule has 0 heterocycles. The molecule has 7 heteroatoms. The van der Waals surface area contributed by atoms with Crippen molar-refractivity contribution in [1.82, 2.24) is 15.5 Å². The van der Waals surface area contributed by atoms with Gasteiger partial charge in [0.15, 0.2) is 0 Å². The van der Waals surface area contributed by atoms with Crippen molar-refractivity contribution in [3.8, 4) is 0 Å². The van der Waals surface area contributed by atoms with Gasteiger partial charge in [0.2, 0.25) is 11.8 Å². The van der Waals surface area contributed by atoms with Gasteiger partial charge in [0.1, 0.15) is 6.04 Å². The van der Waals surface area contributed by atoms with E-state index in [4.69, 9.17) is 4.74 Å². The van der Waals surface area contributed by atoms with Crippen molar-refractivity contribution in [3.05, 3.63) is 11.6 Å². The first-order chi connectivity index (χ1) is 16.4. The summed E-state index contributed by atoms with van der Waals surface area (Å²) in [5.74, 6) is -0.373. The number of nitrogens with zero attached hydrogens (tertiary/aromatic N) is 1. The molecule has 1 rings (SSSR count). The topological polar surface area (TPSA) is 87.7 Å². The van der Waals surface area contributed by atoms with Gasteiger partial charge in [-0.2, -0.15) is 0 Å². The number of nitrogens with one attached hydrogen (secondary N) is 2. The van der Waals surface area contributed by atoms with E-state index < -0.39 is 11.6 Å². The first-order valence-electron chi connectivity index (χ1n) is 13.6. The summed E-state index contributed by atoms with van der Waals surface area (Å²) in [6, 6.07) is -0.726. The van der Waals surface area contributed by atoms with Gasteiger partial charge >= 0.3 is 5.97 Å². The third-order valence-corrected chi connectivity index (χ3v) is 7.38. The molecule has 0 aliphatic heterocycles. The van der Waals surface area contributed by atoms with Crippen LogP contribution in [0.5, 0.6) is 0 Å². The van der Waals surface area contributed by atoms with Crippen LogP contribution < -0.4 is 10.6 Å². The Bertz CT molecular complexity index is 722. The van der Waals surface area contributed by atoms with Gasteiger partial charge in [0.25, 0.3) is 0 Å². The van der Waals surface area contributed by atoms with Crippen molar-refractivity contribution in [2.75, 3.05) is 13.7 Å². The smallest absolute Gasteiger partial charge is 0.333 e. The number of hydrogen-bond acceptors (Lipinski definition) is 5. The molecule has 2 N–H and O–H groups in total. The second-order valence-corrected chi connectivity index (χ2v) is 10.7. The molecule has 1 saturated carbocycles. The highest BCUT2D eigenvalue weighted by Gasteiger charge is 2.41. The van der Waals surface area contributed by atoms with Crippen LogP contribution in [0.3, 0.4) is 0 Å². The van der Waals surface area contributed by atoms with Gasteiger partial charge in [-0.15, -0.1) is 0 Å². The molecular weight excluding hydrogens is 442 g/mol. The van der Waals surface area contributed by atoms with Crippen LogP contribution in [0.4, 0.5) is 0 Å². The zero-order valence-electron chi connectivity index (χ0n) is 23.7. The van der Waals surface area contributed by atoms with Crippen molar-refractivity contribution < 1.29 is 19.1 Å². The normalized spacial score (nSPS) is 17.3. The Morgan fingerprint density at radius 2 is 1.60 bits per heavy atom. The van der Waals surface area contributed by atoms with Crippen LogP contribution in [0.25, 0.3) is 0 Å². The predicted molar refractivity (Wildman–Crippen MR) is 142 cm³/mol. The fourth-order valence-corrected chi connectivity index (χ4v) is 5.21. The van der Waals surface area contributed by atoms with Gasteiger partial charge in [-0.1, -0.05) is 53.0 Å². The standard InChI is InChI=1S/C28H51N3O4/c1-10-28(11-2,30-20(6)7)27(34)29-24(22-16-14-13-15-17-22)25(32)31(9)23(19(4)5)18-21(8)26(33)35-12-3/h18-20,22-24,30H,10-17H2,1-9H3,(H,29,34)/t23-,24+/m1/s1. The van der Waals surface area contributed by atoms with Gasteiger partial charge in [-0.3, -0.25) is 9.59 Å². The number of amides is 2. The first kappa shape index (κ1) is 31.1. The van der Waals surface area contributed by atoms with Gasteiger partial charge in [0, 0.05) is 18.7 Å². The molecule has 0 radical (unpaired) electrons. The Kier molecular flexibility index (Phi) is 13.0. The minimum Gasteiger partial charge on any atom is -0.463 e. The summed E-state index contributed by atoms with van der Waals surface area (Å²) < 4.78 is 5.14. The van der Waals surface area contributed by atoms with E-state index in [2.05, 4.69) is 10.6 Å². The van der Waals surface area contributed by atoms with Gasteiger partial charge in [-0.25, -0.2) is 4.79 Å². The van der Waals surface area contributed by atoms with E-state index in [1.807, 2.05) is 47.6 Å². The lowest BCUT2D eigenvalue weighted by atomic mass is 9.82. The second-order valence-electron chi connectivity index (χ2n) is 10.7. The molecule has 202 valence electrons. The molecule has 35 heavy (non-hydrogen) atoms. The Labute approximate surface area is 213 Å². The van der Waals surface area contributed by atoms with Crippen molar-refractivity contribution in [3.63, 3.8) is 0 Å². The fraction of sp³-hybridized carbons (Fsp3) is 0.821. The SMILES string of the molecule is CCOC(=O)C(C)=C[C@H](C(C)C)N(C)C(=O)[C@@H](NC(=O)C(CC)(CC)NC(C)C)C1CCCCC1. The zero-order chi connectivity index (χ0) is 26.8. The van der Waals surface area contributed by atoms with Crippen LogP contribution in [0.15, 0.2) is 11.6 Å². The van der Waals surface area contributed by atoms with E-state index >= 15 is 0 Å². The summed E-state index contributed by atoms with van der Waals surface area (Å²) in [6.07, 6.45) is 8.27. The predicted octanol–water partition coefficient (Wildman–Crippen LogP) is 4.60. The Hall–Kier alpha value is -1.89. The lowest BCUT2D eigenvalue weighted by Crippen LogP contribution is -2.63. The molecule has 0 bridgehead atoms. The van der Waals surface area contributed by atoms with Gasteiger partial charge < -0.3 is 20.3 Å². The molecule has 7 nitrogen and oxygen atoms in total. The molecular formula is C28H51N3O4. The molecule has 0 spiro atoms. The van der Waals surface area contributed by atoms with Crippen molar-refractivity contribution in [2.45, 2.75) is 124 Å².